The number of carbonyl (C=O) groups is 1. The number of hydrogen-bond donors (Lipinski definition) is 2. The maximum Gasteiger partial charge on any atom is 0.283 e. The maximum absolute atomic E-state index is 11.6. The largest absolute Gasteiger partial charge is 0.459 e. The van der Waals surface area contributed by atoms with E-state index in [1.54, 1.807) is 6.08 Å². The van der Waals surface area contributed by atoms with Crippen LogP contribution < -0.4 is 5.73 Å². The average Bonchev–Trinajstić information content (AvgIpc) is 2.60. The summed E-state index contributed by atoms with van der Waals surface area (Å²) in [4.78, 5) is 11.6. The molecule has 24 heavy (non-hydrogen) atoms. The molecule has 0 saturated carbocycles. The van der Waals surface area contributed by atoms with Crippen LogP contribution in [0.1, 0.15) is 36.8 Å². The standard InChI is InChI=1S/C19H23NO4/c1-3-13-7-9-14(10-8-13)16-12-17(18(20)22)24-19(23-4-2)15(16)6-5-11-21/h1,7-10,12,15-16,19,21H,4-6,11H2,2H3,(H2,20,22)/t15-,16+,19+/m0/s1. The summed E-state index contributed by atoms with van der Waals surface area (Å²) in [6, 6.07) is 7.60. The van der Waals surface area contributed by atoms with Crippen LogP contribution in [-0.2, 0) is 14.3 Å². The highest BCUT2D eigenvalue weighted by Gasteiger charge is 2.37. The number of terminal acetylenes is 1. The first-order chi connectivity index (χ1) is 11.6. The van der Waals surface area contributed by atoms with Gasteiger partial charge in [0.25, 0.3) is 5.91 Å². The van der Waals surface area contributed by atoms with Gasteiger partial charge in [0.1, 0.15) is 0 Å². The van der Waals surface area contributed by atoms with Crippen molar-refractivity contribution in [3.8, 4) is 12.3 Å². The van der Waals surface area contributed by atoms with Crippen LogP contribution in [-0.4, -0.2) is 30.5 Å². The maximum atomic E-state index is 11.6. The molecule has 3 N–H and O–H groups in total. The molecule has 5 heteroatoms. The number of nitrogens with two attached hydrogens (primary N) is 1. The molecule has 1 aliphatic heterocycles. The molecule has 1 aliphatic rings. The topological polar surface area (TPSA) is 81.8 Å². The Balaban J connectivity index is 2.40. The van der Waals surface area contributed by atoms with Crippen LogP contribution >= 0.6 is 0 Å². The number of benzene rings is 1. The van der Waals surface area contributed by atoms with Crippen molar-refractivity contribution < 1.29 is 19.4 Å². The van der Waals surface area contributed by atoms with Crippen molar-refractivity contribution in [1.29, 1.82) is 0 Å². The van der Waals surface area contributed by atoms with E-state index in [1.165, 1.54) is 0 Å². The molecule has 1 amide bonds. The molecule has 1 aromatic rings. The van der Waals surface area contributed by atoms with Crippen molar-refractivity contribution in [2.45, 2.75) is 32.0 Å². The van der Waals surface area contributed by atoms with Gasteiger partial charge < -0.3 is 20.3 Å². The van der Waals surface area contributed by atoms with Crippen LogP contribution in [0.5, 0.6) is 0 Å². The van der Waals surface area contributed by atoms with Gasteiger partial charge in [-0.25, -0.2) is 0 Å². The Kier molecular flexibility index (Phi) is 6.42. The van der Waals surface area contributed by atoms with E-state index in [1.807, 2.05) is 31.2 Å². The summed E-state index contributed by atoms with van der Waals surface area (Å²) in [5.41, 5.74) is 7.20. The first kappa shape index (κ1) is 18.1. The summed E-state index contributed by atoms with van der Waals surface area (Å²) >= 11 is 0. The van der Waals surface area contributed by atoms with Gasteiger partial charge in [0.15, 0.2) is 5.76 Å². The van der Waals surface area contributed by atoms with Gasteiger partial charge in [-0.2, -0.15) is 0 Å². The van der Waals surface area contributed by atoms with Crippen LogP contribution in [0.4, 0.5) is 0 Å². The van der Waals surface area contributed by atoms with Crippen LogP contribution in [0.3, 0.4) is 0 Å². The van der Waals surface area contributed by atoms with Crippen molar-refractivity contribution in [2.24, 2.45) is 11.7 Å². The predicted molar refractivity (Wildman–Crippen MR) is 90.7 cm³/mol. The van der Waals surface area contributed by atoms with Crippen LogP contribution in [0, 0.1) is 18.3 Å². The van der Waals surface area contributed by atoms with Gasteiger partial charge >= 0.3 is 0 Å². The van der Waals surface area contributed by atoms with E-state index in [2.05, 4.69) is 5.92 Å². The number of rotatable bonds is 7. The molecule has 2 rings (SSSR count). The van der Waals surface area contributed by atoms with E-state index in [0.29, 0.717) is 19.4 Å². The Morgan fingerprint density at radius 2 is 2.12 bits per heavy atom. The van der Waals surface area contributed by atoms with Crippen LogP contribution in [0.25, 0.3) is 0 Å². The Morgan fingerprint density at radius 3 is 2.67 bits per heavy atom. The summed E-state index contributed by atoms with van der Waals surface area (Å²) in [7, 11) is 0. The molecule has 0 aromatic heterocycles. The lowest BCUT2D eigenvalue weighted by atomic mass is 9.80. The molecule has 3 atom stereocenters. The molecule has 0 aliphatic carbocycles. The summed E-state index contributed by atoms with van der Waals surface area (Å²) in [6.45, 7) is 2.41. The van der Waals surface area contributed by atoms with Crippen LogP contribution in [0.15, 0.2) is 36.1 Å². The third-order valence-electron chi connectivity index (χ3n) is 4.12. The van der Waals surface area contributed by atoms with Crippen molar-refractivity contribution in [2.75, 3.05) is 13.2 Å². The smallest absolute Gasteiger partial charge is 0.283 e. The number of ether oxygens (including phenoxy) is 2. The first-order valence-corrected chi connectivity index (χ1v) is 8.08. The minimum Gasteiger partial charge on any atom is -0.459 e. The number of aliphatic hydroxyl groups excluding tert-OH is 1. The number of hydrogen-bond acceptors (Lipinski definition) is 4. The second kappa shape index (κ2) is 8.53. The number of allylic oxidation sites excluding steroid dienone is 1. The quantitative estimate of drug-likeness (QED) is 0.749. The second-order valence-electron chi connectivity index (χ2n) is 5.66. The van der Waals surface area contributed by atoms with Gasteiger partial charge in [-0.1, -0.05) is 18.1 Å². The van der Waals surface area contributed by atoms with Crippen molar-refractivity contribution in [1.82, 2.24) is 0 Å². The Bertz CT molecular complexity index is 630. The molecule has 1 heterocycles. The normalized spacial score (nSPS) is 23.0. The Labute approximate surface area is 142 Å². The Morgan fingerprint density at radius 1 is 1.42 bits per heavy atom. The number of carbonyl (C=O) groups excluding carboxylic acids is 1. The van der Waals surface area contributed by atoms with Crippen LogP contribution in [0.2, 0.25) is 0 Å². The van der Waals surface area contributed by atoms with E-state index in [-0.39, 0.29) is 24.2 Å². The fourth-order valence-corrected chi connectivity index (χ4v) is 2.96. The highest BCUT2D eigenvalue weighted by Crippen LogP contribution is 2.39. The van der Waals surface area contributed by atoms with E-state index in [0.717, 1.165) is 11.1 Å². The monoisotopic (exact) mass is 329 g/mol. The molecule has 0 radical (unpaired) electrons. The number of amides is 1. The molecule has 1 aromatic carbocycles. The molecule has 128 valence electrons. The minimum absolute atomic E-state index is 0.0307. The third-order valence-corrected chi connectivity index (χ3v) is 4.12. The fourth-order valence-electron chi connectivity index (χ4n) is 2.96. The highest BCUT2D eigenvalue weighted by molar-refractivity contribution is 5.90. The SMILES string of the molecule is C#Cc1ccc([C@H]2C=C(C(N)=O)O[C@@H](OCC)[C@H]2CCCO)cc1. The highest BCUT2D eigenvalue weighted by atomic mass is 16.7. The van der Waals surface area contributed by atoms with E-state index in [4.69, 9.17) is 21.6 Å². The zero-order valence-electron chi connectivity index (χ0n) is 13.8. The van der Waals surface area contributed by atoms with Gasteiger partial charge in [0, 0.05) is 30.6 Å². The Hall–Kier alpha value is -2.29. The lowest BCUT2D eigenvalue weighted by Gasteiger charge is -2.36. The van der Waals surface area contributed by atoms with Crippen molar-refractivity contribution >= 4 is 5.91 Å². The first-order valence-electron chi connectivity index (χ1n) is 8.08. The van der Waals surface area contributed by atoms with E-state index < -0.39 is 12.2 Å². The molecular formula is C19H23NO4. The summed E-state index contributed by atoms with van der Waals surface area (Å²) in [6.07, 6.45) is 7.89. The lowest BCUT2D eigenvalue weighted by Crippen LogP contribution is -2.37. The molecule has 0 bridgehead atoms. The van der Waals surface area contributed by atoms with Crippen molar-refractivity contribution in [3.63, 3.8) is 0 Å². The van der Waals surface area contributed by atoms with E-state index >= 15 is 0 Å². The van der Waals surface area contributed by atoms with Crippen molar-refractivity contribution in [3.05, 3.63) is 47.2 Å². The average molecular weight is 329 g/mol. The summed E-state index contributed by atoms with van der Waals surface area (Å²) in [5.74, 6) is 1.95. The van der Waals surface area contributed by atoms with Gasteiger partial charge in [-0.15, -0.1) is 6.42 Å². The molecule has 0 unspecified atom stereocenters. The van der Waals surface area contributed by atoms with Gasteiger partial charge in [0.05, 0.1) is 0 Å². The van der Waals surface area contributed by atoms with Gasteiger partial charge in [0.2, 0.25) is 6.29 Å². The third kappa shape index (κ3) is 4.16. The summed E-state index contributed by atoms with van der Waals surface area (Å²) in [5, 5.41) is 9.19. The molecule has 5 nitrogen and oxygen atoms in total. The molecule has 0 spiro atoms. The molecule has 0 fully saturated rings. The summed E-state index contributed by atoms with van der Waals surface area (Å²) < 4.78 is 11.3. The molecule has 0 saturated heterocycles. The zero-order chi connectivity index (χ0) is 17.5. The van der Waals surface area contributed by atoms with E-state index in [9.17, 15) is 9.90 Å². The minimum atomic E-state index is -0.620. The number of aliphatic hydroxyl groups is 1. The lowest BCUT2D eigenvalue weighted by molar-refractivity contribution is -0.165. The van der Waals surface area contributed by atoms with Gasteiger partial charge in [-0.3, -0.25) is 4.79 Å². The second-order valence-corrected chi connectivity index (χ2v) is 5.66. The fraction of sp³-hybridized carbons (Fsp3) is 0.421. The zero-order valence-corrected chi connectivity index (χ0v) is 13.8. The molecular weight excluding hydrogens is 306 g/mol. The van der Waals surface area contributed by atoms with Gasteiger partial charge in [-0.05, 0) is 43.5 Å². The predicted octanol–water partition coefficient (Wildman–Crippen LogP) is 1.90. The number of primary amides is 1.